The Morgan fingerprint density at radius 2 is 1.83 bits per heavy atom. The normalized spacial score (nSPS) is 27.9. The molecule has 2 fully saturated rings. The highest BCUT2D eigenvalue weighted by molar-refractivity contribution is 5.45. The Kier molecular flexibility index (Phi) is 3.07. The molecule has 0 radical (unpaired) electrons. The van der Waals surface area contributed by atoms with Gasteiger partial charge in [0, 0.05) is 31.1 Å². The van der Waals surface area contributed by atoms with Crippen molar-refractivity contribution in [2.75, 3.05) is 23.7 Å². The van der Waals surface area contributed by atoms with E-state index in [9.17, 15) is 0 Å². The zero-order valence-corrected chi connectivity index (χ0v) is 10.7. The lowest BCUT2D eigenvalue weighted by Crippen LogP contribution is -2.36. The van der Waals surface area contributed by atoms with Crippen molar-refractivity contribution in [3.8, 4) is 0 Å². The molecular weight excluding hydrogens is 226 g/mol. The Morgan fingerprint density at radius 3 is 2.50 bits per heavy atom. The number of rotatable bonds is 2. The minimum Gasteiger partial charge on any atom is -0.368 e. The van der Waals surface area contributed by atoms with E-state index in [1.165, 1.54) is 19.3 Å². The van der Waals surface area contributed by atoms with Gasteiger partial charge in [-0.15, -0.1) is 0 Å². The van der Waals surface area contributed by atoms with E-state index >= 15 is 0 Å². The predicted octanol–water partition coefficient (Wildman–Crippen LogP) is 1.25. The molecule has 1 aromatic heterocycles. The molecule has 5 heteroatoms. The molecule has 0 aromatic carbocycles. The Labute approximate surface area is 108 Å². The third-order valence-electron chi connectivity index (χ3n) is 4.02. The van der Waals surface area contributed by atoms with Crippen LogP contribution in [0.25, 0.3) is 0 Å². The highest BCUT2D eigenvalue weighted by atomic mass is 15.2. The number of piperidine rings is 1. The van der Waals surface area contributed by atoms with Gasteiger partial charge in [-0.25, -0.2) is 4.98 Å². The van der Waals surface area contributed by atoms with Gasteiger partial charge in [-0.05, 0) is 32.1 Å². The fraction of sp³-hybridized carbons (Fsp3) is 0.692. The van der Waals surface area contributed by atoms with Gasteiger partial charge in [0.15, 0.2) is 0 Å². The van der Waals surface area contributed by atoms with Gasteiger partial charge in [0.1, 0.15) is 5.82 Å². The van der Waals surface area contributed by atoms with Gasteiger partial charge in [-0.2, -0.15) is 4.98 Å². The molecular formula is C13H21N5. The summed E-state index contributed by atoms with van der Waals surface area (Å²) in [6.45, 7) is 2.17. The van der Waals surface area contributed by atoms with E-state index in [2.05, 4.69) is 20.9 Å². The molecule has 2 heterocycles. The number of hydrogen-bond acceptors (Lipinski definition) is 5. The SMILES string of the molecule is Nc1nc(C2CC(N)C2)cc(N2CCCCC2)n1. The average molecular weight is 247 g/mol. The Morgan fingerprint density at radius 1 is 1.11 bits per heavy atom. The van der Waals surface area contributed by atoms with Crippen molar-refractivity contribution in [3.05, 3.63) is 11.8 Å². The Balaban J connectivity index is 1.81. The van der Waals surface area contributed by atoms with Crippen molar-refractivity contribution < 1.29 is 0 Å². The van der Waals surface area contributed by atoms with E-state index in [4.69, 9.17) is 11.5 Å². The smallest absolute Gasteiger partial charge is 0.222 e. The summed E-state index contributed by atoms with van der Waals surface area (Å²) < 4.78 is 0. The van der Waals surface area contributed by atoms with Crippen LogP contribution in [0.3, 0.4) is 0 Å². The maximum Gasteiger partial charge on any atom is 0.222 e. The molecule has 1 aliphatic heterocycles. The molecule has 2 aliphatic rings. The lowest BCUT2D eigenvalue weighted by molar-refractivity contribution is 0.345. The first-order chi connectivity index (χ1) is 8.72. The van der Waals surface area contributed by atoms with E-state index in [1.54, 1.807) is 0 Å². The lowest BCUT2D eigenvalue weighted by Gasteiger charge is -2.33. The first-order valence-electron chi connectivity index (χ1n) is 6.87. The highest BCUT2D eigenvalue weighted by Crippen LogP contribution is 2.36. The molecule has 1 saturated heterocycles. The summed E-state index contributed by atoms with van der Waals surface area (Å²) in [4.78, 5) is 11.1. The molecule has 3 rings (SSSR count). The third kappa shape index (κ3) is 2.27. The molecule has 18 heavy (non-hydrogen) atoms. The molecule has 1 saturated carbocycles. The first kappa shape index (κ1) is 11.7. The molecule has 0 amide bonds. The quantitative estimate of drug-likeness (QED) is 0.822. The van der Waals surface area contributed by atoms with Crippen LogP contribution in [0.15, 0.2) is 6.07 Å². The zero-order chi connectivity index (χ0) is 12.5. The van der Waals surface area contributed by atoms with E-state index < -0.39 is 0 Å². The highest BCUT2D eigenvalue weighted by Gasteiger charge is 2.29. The average Bonchev–Trinajstić information content (AvgIpc) is 2.35. The van der Waals surface area contributed by atoms with Crippen molar-refractivity contribution in [3.63, 3.8) is 0 Å². The summed E-state index contributed by atoms with van der Waals surface area (Å²) >= 11 is 0. The minimum atomic E-state index is 0.338. The van der Waals surface area contributed by atoms with Crippen LogP contribution in [0, 0.1) is 0 Å². The van der Waals surface area contributed by atoms with Gasteiger partial charge in [0.05, 0.1) is 5.69 Å². The second-order valence-electron chi connectivity index (χ2n) is 5.49. The van der Waals surface area contributed by atoms with Crippen molar-refractivity contribution >= 4 is 11.8 Å². The van der Waals surface area contributed by atoms with Crippen molar-refractivity contribution in [2.24, 2.45) is 5.73 Å². The molecule has 1 aromatic rings. The number of nitrogens with two attached hydrogens (primary N) is 2. The predicted molar refractivity (Wildman–Crippen MR) is 72.5 cm³/mol. The lowest BCUT2D eigenvalue weighted by atomic mass is 9.78. The topological polar surface area (TPSA) is 81.1 Å². The van der Waals surface area contributed by atoms with E-state index in [0.717, 1.165) is 37.4 Å². The summed E-state index contributed by atoms with van der Waals surface area (Å²) in [7, 11) is 0. The number of nitrogen functional groups attached to an aromatic ring is 1. The minimum absolute atomic E-state index is 0.338. The van der Waals surface area contributed by atoms with Crippen LogP contribution in [-0.4, -0.2) is 29.1 Å². The third-order valence-corrected chi connectivity index (χ3v) is 4.02. The second-order valence-corrected chi connectivity index (χ2v) is 5.49. The second kappa shape index (κ2) is 4.72. The van der Waals surface area contributed by atoms with Crippen molar-refractivity contribution in [1.82, 2.24) is 9.97 Å². The van der Waals surface area contributed by atoms with Gasteiger partial charge in [-0.3, -0.25) is 0 Å². The van der Waals surface area contributed by atoms with Crippen LogP contribution in [0.2, 0.25) is 0 Å². The summed E-state index contributed by atoms with van der Waals surface area (Å²) in [5.41, 5.74) is 12.8. The molecule has 0 atom stereocenters. The van der Waals surface area contributed by atoms with Crippen LogP contribution < -0.4 is 16.4 Å². The monoisotopic (exact) mass is 247 g/mol. The first-order valence-corrected chi connectivity index (χ1v) is 6.87. The number of aromatic nitrogens is 2. The Bertz CT molecular complexity index is 421. The summed E-state index contributed by atoms with van der Waals surface area (Å²) in [5.74, 6) is 1.88. The van der Waals surface area contributed by atoms with Gasteiger partial charge < -0.3 is 16.4 Å². The van der Waals surface area contributed by atoms with Crippen LogP contribution in [0.1, 0.15) is 43.7 Å². The molecule has 0 bridgehead atoms. The molecule has 98 valence electrons. The van der Waals surface area contributed by atoms with Crippen LogP contribution in [-0.2, 0) is 0 Å². The van der Waals surface area contributed by atoms with Gasteiger partial charge >= 0.3 is 0 Å². The number of nitrogens with zero attached hydrogens (tertiary/aromatic N) is 3. The fourth-order valence-corrected chi connectivity index (χ4v) is 2.87. The molecule has 0 unspecified atom stereocenters. The standard InChI is InChI=1S/C13H21N5/c14-10-6-9(7-10)11-8-12(17-13(15)16-11)18-4-2-1-3-5-18/h8-10H,1-7,14H2,(H2,15,16,17). The van der Waals surface area contributed by atoms with E-state index in [0.29, 0.717) is 17.9 Å². The number of hydrogen-bond donors (Lipinski definition) is 2. The van der Waals surface area contributed by atoms with Crippen LogP contribution >= 0.6 is 0 Å². The largest absolute Gasteiger partial charge is 0.368 e. The van der Waals surface area contributed by atoms with Gasteiger partial charge in [0.25, 0.3) is 0 Å². The van der Waals surface area contributed by atoms with Crippen molar-refractivity contribution in [2.45, 2.75) is 44.1 Å². The summed E-state index contributed by atoms with van der Waals surface area (Å²) in [6.07, 6.45) is 5.86. The maximum atomic E-state index is 5.84. The van der Waals surface area contributed by atoms with Crippen LogP contribution in [0.5, 0.6) is 0 Å². The van der Waals surface area contributed by atoms with E-state index in [-0.39, 0.29) is 0 Å². The van der Waals surface area contributed by atoms with Gasteiger partial charge in [-0.1, -0.05) is 0 Å². The molecule has 0 spiro atoms. The Hall–Kier alpha value is -1.36. The zero-order valence-electron chi connectivity index (χ0n) is 10.7. The molecule has 1 aliphatic carbocycles. The van der Waals surface area contributed by atoms with Crippen LogP contribution in [0.4, 0.5) is 11.8 Å². The van der Waals surface area contributed by atoms with E-state index in [1.807, 2.05) is 0 Å². The summed E-state index contributed by atoms with van der Waals surface area (Å²) in [5, 5.41) is 0. The van der Waals surface area contributed by atoms with Crippen molar-refractivity contribution in [1.29, 1.82) is 0 Å². The number of anilines is 2. The molecule has 4 N–H and O–H groups in total. The maximum absolute atomic E-state index is 5.84. The molecule has 5 nitrogen and oxygen atoms in total. The van der Waals surface area contributed by atoms with Gasteiger partial charge in [0.2, 0.25) is 5.95 Å². The fourth-order valence-electron chi connectivity index (χ4n) is 2.87. The summed E-state index contributed by atoms with van der Waals surface area (Å²) in [6, 6.07) is 2.45.